The minimum absolute atomic E-state index is 0.145. The number of unbranched alkanes of at least 4 members (excludes halogenated alkanes) is 39. The number of allylic oxidation sites excluding steroid dienone is 22. The third-order valence-corrected chi connectivity index (χ3v) is 17.9. The van der Waals surface area contributed by atoms with Crippen LogP contribution in [0.25, 0.3) is 0 Å². The molecule has 9 nitrogen and oxygen atoms in total. The first kappa shape index (κ1) is 94.4. The summed E-state index contributed by atoms with van der Waals surface area (Å²) in [5, 5.41) is 11.9. The zero-order valence-electron chi connectivity index (χ0n) is 65.1. The van der Waals surface area contributed by atoms with E-state index in [1.165, 1.54) is 218 Å². The molecule has 0 aromatic carbocycles. The number of carbonyl (C=O) groups is 3. The quantitative estimate of drug-likeness (QED) is 0.0195. The molecular formula is C90H155NO8. The summed E-state index contributed by atoms with van der Waals surface area (Å²) in [6.07, 6.45) is 112. The molecule has 0 aromatic heterocycles. The van der Waals surface area contributed by atoms with E-state index >= 15 is 0 Å². The average Bonchev–Trinajstić information content (AvgIpc) is 1.57. The first-order valence-electron chi connectivity index (χ1n) is 41.3. The maximum absolute atomic E-state index is 13.0. The van der Waals surface area contributed by atoms with E-state index in [2.05, 4.69) is 148 Å². The Kier molecular flexibility index (Phi) is 75.5. The number of rotatable bonds is 76. The fourth-order valence-electron chi connectivity index (χ4n) is 11.7. The largest absolute Gasteiger partial charge is 0.545 e. The predicted molar refractivity (Wildman–Crippen MR) is 426 cm³/mol. The normalized spacial score (nSPS) is 13.3. The van der Waals surface area contributed by atoms with Crippen LogP contribution in [0, 0.1) is 0 Å². The van der Waals surface area contributed by atoms with Crippen LogP contribution in [0.5, 0.6) is 0 Å². The molecule has 0 aromatic rings. The highest BCUT2D eigenvalue weighted by Crippen LogP contribution is 2.19. The Morgan fingerprint density at radius 1 is 0.303 bits per heavy atom. The summed E-state index contributed by atoms with van der Waals surface area (Å²) < 4.78 is 22.9. The number of carbonyl (C=O) groups excluding carboxylic acids is 3. The molecule has 0 radical (unpaired) electrons. The number of hydrogen-bond acceptors (Lipinski definition) is 8. The van der Waals surface area contributed by atoms with Crippen LogP contribution < -0.4 is 5.11 Å². The van der Waals surface area contributed by atoms with Gasteiger partial charge in [-0.05, 0) is 109 Å². The zero-order valence-corrected chi connectivity index (χ0v) is 65.1. The van der Waals surface area contributed by atoms with Gasteiger partial charge in [-0.25, -0.2) is 0 Å². The third kappa shape index (κ3) is 80.6. The minimum Gasteiger partial charge on any atom is -0.545 e. The van der Waals surface area contributed by atoms with E-state index in [-0.39, 0.29) is 32.2 Å². The number of quaternary nitrogens is 1. The lowest BCUT2D eigenvalue weighted by Gasteiger charge is -2.26. The van der Waals surface area contributed by atoms with Gasteiger partial charge in [-0.2, -0.15) is 0 Å². The van der Waals surface area contributed by atoms with Crippen molar-refractivity contribution in [3.8, 4) is 0 Å². The van der Waals surface area contributed by atoms with Crippen molar-refractivity contribution in [2.24, 2.45) is 0 Å². The zero-order chi connectivity index (χ0) is 71.8. The van der Waals surface area contributed by atoms with Crippen molar-refractivity contribution in [1.82, 2.24) is 0 Å². The van der Waals surface area contributed by atoms with Gasteiger partial charge in [0.15, 0.2) is 12.4 Å². The fraction of sp³-hybridized carbons (Fsp3) is 0.722. The Morgan fingerprint density at radius 2 is 0.545 bits per heavy atom. The number of carboxylic acid groups (broad SMARTS) is 1. The molecule has 2 atom stereocenters. The maximum atomic E-state index is 13.0. The highest BCUT2D eigenvalue weighted by atomic mass is 16.7. The number of nitrogens with zero attached hydrogens (tertiary/aromatic N) is 1. The van der Waals surface area contributed by atoms with E-state index in [0.29, 0.717) is 23.9 Å². The number of likely N-dealkylation sites (N-methyl/N-ethyl adjacent to an activating group) is 1. The number of hydrogen-bond donors (Lipinski definition) is 0. The Labute approximate surface area is 611 Å². The molecular weight excluding hydrogens is 1220 g/mol. The van der Waals surface area contributed by atoms with Gasteiger partial charge in [0.1, 0.15) is 13.2 Å². The summed E-state index contributed by atoms with van der Waals surface area (Å²) in [6, 6.07) is 0. The summed E-state index contributed by atoms with van der Waals surface area (Å²) in [6.45, 7) is 4.56. The second kappa shape index (κ2) is 79.1. The molecule has 0 N–H and O–H groups in total. The molecule has 9 heteroatoms. The van der Waals surface area contributed by atoms with Crippen molar-refractivity contribution < 1.29 is 42.9 Å². The Balaban J connectivity index is 3.98. The maximum Gasteiger partial charge on any atom is 0.306 e. The molecule has 2 unspecified atom stereocenters. The van der Waals surface area contributed by atoms with E-state index in [1.54, 1.807) is 0 Å². The summed E-state index contributed by atoms with van der Waals surface area (Å²) in [4.78, 5) is 37.6. The molecule has 0 aliphatic carbocycles. The molecule has 0 rings (SSSR count). The summed E-state index contributed by atoms with van der Waals surface area (Å²) in [5.41, 5.74) is 0. The van der Waals surface area contributed by atoms with Gasteiger partial charge in [0.05, 0.1) is 40.3 Å². The number of esters is 2. The first-order valence-corrected chi connectivity index (χ1v) is 41.3. The van der Waals surface area contributed by atoms with Gasteiger partial charge < -0.3 is 33.3 Å². The van der Waals surface area contributed by atoms with Crippen LogP contribution in [0.1, 0.15) is 361 Å². The third-order valence-electron chi connectivity index (χ3n) is 17.9. The molecule has 0 amide bonds. The molecule has 568 valence electrons. The Morgan fingerprint density at radius 3 is 0.808 bits per heavy atom. The summed E-state index contributed by atoms with van der Waals surface area (Å²) in [5.74, 6) is -2.27. The fourth-order valence-corrected chi connectivity index (χ4v) is 11.7. The predicted octanol–water partition coefficient (Wildman–Crippen LogP) is 25.5. The van der Waals surface area contributed by atoms with E-state index in [1.807, 2.05) is 21.1 Å². The molecule has 0 bridgehead atoms. The monoisotopic (exact) mass is 1380 g/mol. The van der Waals surface area contributed by atoms with Crippen molar-refractivity contribution in [3.63, 3.8) is 0 Å². The van der Waals surface area contributed by atoms with Crippen LogP contribution in [-0.2, 0) is 33.3 Å². The highest BCUT2D eigenvalue weighted by Gasteiger charge is 2.22. The van der Waals surface area contributed by atoms with Crippen LogP contribution in [0.2, 0.25) is 0 Å². The van der Waals surface area contributed by atoms with Crippen LogP contribution in [0.4, 0.5) is 0 Å². The lowest BCUT2D eigenvalue weighted by molar-refractivity contribution is -0.870. The number of ether oxygens (including phenoxy) is 4. The molecule has 99 heavy (non-hydrogen) atoms. The standard InChI is InChI=1S/C90H155NO8/c1-6-8-10-12-14-16-18-20-22-24-26-28-30-32-34-36-38-40-41-42-43-44-45-46-47-49-50-52-54-56-58-60-62-64-66-68-70-72-74-76-78-80-87(92)97-84-86(85-98-90(89(94)95)96-83-82-91(3,4)5)99-88(93)81-79-77-75-73-71-69-67-65-63-61-59-57-55-53-51-48-39-37-35-33-31-29-27-25-23-21-19-17-15-13-11-9-7-2/h8-11,14-17,20-23,26-29,32-35,39,48,86,90H,6-7,12-13,18-19,24-25,30-31,36-38,40-47,49-85H2,1-5H3/b10-8-,11-9-,16-14-,17-15-,22-20-,23-21-,28-26-,29-27-,34-32-,35-33-,48-39-. The van der Waals surface area contributed by atoms with Crippen molar-refractivity contribution in [2.75, 3.05) is 47.5 Å². The van der Waals surface area contributed by atoms with Gasteiger partial charge in [-0.3, -0.25) is 9.59 Å². The molecule has 0 heterocycles. The van der Waals surface area contributed by atoms with Crippen LogP contribution in [0.3, 0.4) is 0 Å². The van der Waals surface area contributed by atoms with Crippen molar-refractivity contribution in [1.29, 1.82) is 0 Å². The minimum atomic E-state index is -1.63. The lowest BCUT2D eigenvalue weighted by Crippen LogP contribution is -2.44. The summed E-state index contributed by atoms with van der Waals surface area (Å²) in [7, 11) is 5.94. The average molecular weight is 1380 g/mol. The van der Waals surface area contributed by atoms with Gasteiger partial charge >= 0.3 is 11.9 Å². The van der Waals surface area contributed by atoms with Crippen molar-refractivity contribution in [3.05, 3.63) is 134 Å². The number of aliphatic carboxylic acids is 1. The molecule has 0 aliphatic rings. The topological polar surface area (TPSA) is 111 Å². The van der Waals surface area contributed by atoms with Crippen molar-refractivity contribution in [2.45, 2.75) is 373 Å². The van der Waals surface area contributed by atoms with E-state index in [4.69, 9.17) is 18.9 Å². The Hall–Kier alpha value is -4.57. The van der Waals surface area contributed by atoms with Gasteiger partial charge in [0.2, 0.25) is 0 Å². The second-order valence-electron chi connectivity index (χ2n) is 28.7. The first-order chi connectivity index (χ1) is 48.6. The Bertz CT molecular complexity index is 2100. The van der Waals surface area contributed by atoms with Gasteiger partial charge in [-0.1, -0.05) is 372 Å². The van der Waals surface area contributed by atoms with Gasteiger partial charge in [0, 0.05) is 12.8 Å². The van der Waals surface area contributed by atoms with Crippen LogP contribution in [-0.4, -0.2) is 82.3 Å². The molecule has 0 saturated carbocycles. The molecule has 0 aliphatic heterocycles. The lowest BCUT2D eigenvalue weighted by atomic mass is 10.0. The van der Waals surface area contributed by atoms with Crippen LogP contribution in [0.15, 0.2) is 134 Å². The van der Waals surface area contributed by atoms with Crippen LogP contribution >= 0.6 is 0 Å². The van der Waals surface area contributed by atoms with E-state index in [0.717, 1.165) is 109 Å². The van der Waals surface area contributed by atoms with Crippen molar-refractivity contribution >= 4 is 17.9 Å². The van der Waals surface area contributed by atoms with E-state index in [9.17, 15) is 19.5 Å². The van der Waals surface area contributed by atoms with E-state index < -0.39 is 24.3 Å². The summed E-state index contributed by atoms with van der Waals surface area (Å²) >= 11 is 0. The van der Waals surface area contributed by atoms with Gasteiger partial charge in [-0.15, -0.1) is 0 Å². The molecule has 0 spiro atoms. The van der Waals surface area contributed by atoms with Gasteiger partial charge in [0.25, 0.3) is 0 Å². The number of carboxylic acids is 1. The highest BCUT2D eigenvalue weighted by molar-refractivity contribution is 5.70. The SMILES string of the molecule is CC/C=C\C/C=C\C/C=C\C/C=C\C/C=C\C/C=C\CCCCCCCCCCCCCCCCC(=O)OC(COC(=O)CCCCCCCCCCCCCCCCCCCCCCCCCCC/C=C\C/C=C\C/C=C\C/C=C\C/C=C\CC)COC(OCC[N+](C)(C)C)C(=O)[O-]. The molecule has 0 fully saturated rings. The smallest absolute Gasteiger partial charge is 0.306 e. The second-order valence-corrected chi connectivity index (χ2v) is 28.7. The molecule has 0 saturated heterocycles.